The quantitative estimate of drug-likeness (QED) is 0.571. The van der Waals surface area contributed by atoms with Crippen LogP contribution >= 0.6 is 0 Å². The van der Waals surface area contributed by atoms with Crippen LogP contribution < -0.4 is 10.1 Å². The second kappa shape index (κ2) is 10.6. The molecule has 0 aliphatic carbocycles. The number of rotatable bonds is 11. The number of carbonyl (C=O) groups excluding carboxylic acids is 1. The minimum absolute atomic E-state index is 0.274. The molecule has 2 N–H and O–H groups in total. The smallest absolute Gasteiger partial charge is 0.329 e. The molecule has 0 saturated heterocycles. The van der Waals surface area contributed by atoms with Crippen LogP contribution in [0.2, 0.25) is 0 Å². The van der Waals surface area contributed by atoms with Crippen LogP contribution in [0.3, 0.4) is 0 Å². The van der Waals surface area contributed by atoms with E-state index in [0.29, 0.717) is 26.4 Å². The van der Waals surface area contributed by atoms with Crippen molar-refractivity contribution in [2.75, 3.05) is 39.6 Å². The molecule has 0 aliphatic rings. The molecule has 1 aromatic carbocycles. The number of ether oxygens (including phenoxy) is 3. The predicted octanol–water partition coefficient (Wildman–Crippen LogP) is 0.299. The Morgan fingerprint density at radius 3 is 2.48 bits per heavy atom. The maximum atomic E-state index is 11.2. The van der Waals surface area contributed by atoms with Gasteiger partial charge in [-0.05, 0) is 12.1 Å². The molecule has 0 radical (unpaired) electrons. The Kier molecular flexibility index (Phi) is 8.58. The fraction of sp³-hybridized carbons (Fsp3) is 0.429. The first-order valence-corrected chi connectivity index (χ1v) is 6.50. The second-order valence-corrected chi connectivity index (χ2v) is 4.01. The maximum absolute atomic E-state index is 11.2. The minimum Gasteiger partial charge on any atom is -0.491 e. The Labute approximate surface area is 122 Å². The fourth-order valence-electron chi connectivity index (χ4n) is 1.38. The average Bonchev–Trinajstić information content (AvgIpc) is 2.47. The zero-order valence-corrected chi connectivity index (χ0v) is 11.6. The number of carboxylic acid groups (broad SMARTS) is 1. The highest BCUT2D eigenvalue weighted by molar-refractivity contribution is 5.77. The van der Waals surface area contributed by atoms with Crippen molar-refractivity contribution >= 4 is 11.9 Å². The first-order chi connectivity index (χ1) is 10.2. The number of carbonyl (C=O) groups is 2. The molecular weight excluding hydrogens is 278 g/mol. The standard InChI is InChI=1S/C14H19NO6/c16-13(10-20-11-14(17)18)15-6-7-19-8-9-21-12-4-2-1-3-5-12/h1-5H,6-11H2,(H,15,16)(H,17,18). The van der Waals surface area contributed by atoms with Gasteiger partial charge in [0.2, 0.25) is 5.91 Å². The molecule has 0 unspecified atom stereocenters. The van der Waals surface area contributed by atoms with E-state index in [1.807, 2.05) is 30.3 Å². The molecule has 0 aromatic heterocycles. The Balaban J connectivity index is 1.90. The Bertz CT molecular complexity index is 423. The predicted molar refractivity (Wildman–Crippen MR) is 74.2 cm³/mol. The molecule has 1 amide bonds. The molecule has 0 saturated carbocycles. The van der Waals surface area contributed by atoms with Crippen LogP contribution in [0.25, 0.3) is 0 Å². The van der Waals surface area contributed by atoms with E-state index in [1.165, 1.54) is 0 Å². The first-order valence-electron chi connectivity index (χ1n) is 6.50. The van der Waals surface area contributed by atoms with E-state index < -0.39 is 12.6 Å². The van der Waals surface area contributed by atoms with E-state index in [9.17, 15) is 9.59 Å². The van der Waals surface area contributed by atoms with E-state index in [-0.39, 0.29) is 12.5 Å². The molecule has 0 heterocycles. The summed E-state index contributed by atoms with van der Waals surface area (Å²) >= 11 is 0. The van der Waals surface area contributed by atoms with Crippen LogP contribution in [0.15, 0.2) is 30.3 Å². The van der Waals surface area contributed by atoms with Crippen molar-refractivity contribution < 1.29 is 28.9 Å². The van der Waals surface area contributed by atoms with E-state index in [4.69, 9.17) is 14.6 Å². The van der Waals surface area contributed by atoms with Crippen LogP contribution in [0.4, 0.5) is 0 Å². The van der Waals surface area contributed by atoms with Crippen LogP contribution in [0.1, 0.15) is 0 Å². The highest BCUT2D eigenvalue weighted by Gasteiger charge is 2.02. The van der Waals surface area contributed by atoms with Gasteiger partial charge in [-0.2, -0.15) is 0 Å². The van der Waals surface area contributed by atoms with Crippen LogP contribution in [-0.2, 0) is 19.1 Å². The normalized spacial score (nSPS) is 10.1. The van der Waals surface area contributed by atoms with Gasteiger partial charge in [-0.25, -0.2) is 4.79 Å². The molecule has 116 valence electrons. The molecule has 0 atom stereocenters. The lowest BCUT2D eigenvalue weighted by molar-refractivity contribution is -0.143. The number of amides is 1. The van der Waals surface area contributed by atoms with Gasteiger partial charge in [0.25, 0.3) is 0 Å². The van der Waals surface area contributed by atoms with E-state index in [1.54, 1.807) is 0 Å². The molecule has 7 nitrogen and oxygen atoms in total. The molecular formula is C14H19NO6. The van der Waals surface area contributed by atoms with Crippen LogP contribution in [0.5, 0.6) is 5.75 Å². The van der Waals surface area contributed by atoms with Crippen molar-refractivity contribution in [2.24, 2.45) is 0 Å². The minimum atomic E-state index is -1.11. The lowest BCUT2D eigenvalue weighted by Crippen LogP contribution is -2.31. The SMILES string of the molecule is O=C(O)COCC(=O)NCCOCCOc1ccccc1. The number of nitrogens with one attached hydrogen (secondary N) is 1. The van der Waals surface area contributed by atoms with Crippen LogP contribution in [-0.4, -0.2) is 56.6 Å². The summed E-state index contributed by atoms with van der Waals surface area (Å²) in [4.78, 5) is 21.3. The van der Waals surface area contributed by atoms with Gasteiger partial charge in [0.1, 0.15) is 25.6 Å². The maximum Gasteiger partial charge on any atom is 0.329 e. The lowest BCUT2D eigenvalue weighted by atomic mass is 10.3. The van der Waals surface area contributed by atoms with E-state index in [2.05, 4.69) is 10.1 Å². The summed E-state index contributed by atoms with van der Waals surface area (Å²) in [5.74, 6) is -0.699. The molecule has 0 spiro atoms. The monoisotopic (exact) mass is 297 g/mol. The van der Waals surface area contributed by atoms with E-state index in [0.717, 1.165) is 5.75 Å². The third kappa shape index (κ3) is 9.42. The van der Waals surface area contributed by atoms with Crippen molar-refractivity contribution in [3.63, 3.8) is 0 Å². The molecule has 0 bridgehead atoms. The van der Waals surface area contributed by atoms with Gasteiger partial charge in [-0.1, -0.05) is 18.2 Å². The lowest BCUT2D eigenvalue weighted by Gasteiger charge is -2.08. The van der Waals surface area contributed by atoms with Gasteiger partial charge in [-0.3, -0.25) is 4.79 Å². The Morgan fingerprint density at radius 2 is 1.76 bits per heavy atom. The summed E-state index contributed by atoms with van der Waals surface area (Å²) < 4.78 is 15.3. The highest BCUT2D eigenvalue weighted by Crippen LogP contribution is 2.07. The van der Waals surface area contributed by atoms with Gasteiger partial charge in [-0.15, -0.1) is 0 Å². The number of para-hydroxylation sites is 1. The Hall–Kier alpha value is -2.12. The molecule has 0 fully saturated rings. The van der Waals surface area contributed by atoms with Gasteiger partial charge >= 0.3 is 5.97 Å². The first kappa shape index (κ1) is 16.9. The largest absolute Gasteiger partial charge is 0.491 e. The van der Waals surface area contributed by atoms with Crippen molar-refractivity contribution in [3.05, 3.63) is 30.3 Å². The third-order valence-electron chi connectivity index (χ3n) is 2.27. The highest BCUT2D eigenvalue weighted by atomic mass is 16.5. The summed E-state index contributed by atoms with van der Waals surface area (Å²) in [6, 6.07) is 9.40. The Morgan fingerprint density at radius 1 is 1.00 bits per heavy atom. The zero-order valence-electron chi connectivity index (χ0n) is 11.6. The summed E-state index contributed by atoms with van der Waals surface area (Å²) in [6.45, 7) is 0.771. The molecule has 1 aromatic rings. The zero-order chi connectivity index (χ0) is 15.3. The van der Waals surface area contributed by atoms with Crippen molar-refractivity contribution in [3.8, 4) is 5.75 Å². The number of hydrogen-bond donors (Lipinski definition) is 2. The number of hydrogen-bond acceptors (Lipinski definition) is 5. The van der Waals surface area contributed by atoms with E-state index >= 15 is 0 Å². The number of benzene rings is 1. The van der Waals surface area contributed by atoms with Crippen molar-refractivity contribution in [2.45, 2.75) is 0 Å². The van der Waals surface area contributed by atoms with Gasteiger partial charge in [0.15, 0.2) is 0 Å². The average molecular weight is 297 g/mol. The van der Waals surface area contributed by atoms with Crippen molar-refractivity contribution in [1.82, 2.24) is 5.32 Å². The topological polar surface area (TPSA) is 94.1 Å². The summed E-state index contributed by atoms with van der Waals surface area (Å²) in [5, 5.41) is 10.9. The van der Waals surface area contributed by atoms with Gasteiger partial charge < -0.3 is 24.6 Å². The van der Waals surface area contributed by atoms with Gasteiger partial charge in [0, 0.05) is 6.54 Å². The fourth-order valence-corrected chi connectivity index (χ4v) is 1.38. The number of aliphatic carboxylic acids is 1. The molecule has 0 aliphatic heterocycles. The van der Waals surface area contributed by atoms with Crippen molar-refractivity contribution in [1.29, 1.82) is 0 Å². The molecule has 21 heavy (non-hydrogen) atoms. The second-order valence-electron chi connectivity index (χ2n) is 4.01. The summed E-state index contributed by atoms with van der Waals surface area (Å²) in [5.41, 5.74) is 0. The number of carboxylic acids is 1. The summed E-state index contributed by atoms with van der Waals surface area (Å²) in [6.07, 6.45) is 0. The third-order valence-corrected chi connectivity index (χ3v) is 2.27. The summed E-state index contributed by atoms with van der Waals surface area (Å²) in [7, 11) is 0. The van der Waals surface area contributed by atoms with Gasteiger partial charge in [0.05, 0.1) is 13.2 Å². The molecule has 1 rings (SSSR count). The van der Waals surface area contributed by atoms with Crippen LogP contribution in [0, 0.1) is 0 Å². The molecule has 7 heteroatoms.